The van der Waals surface area contributed by atoms with E-state index in [0.29, 0.717) is 17.9 Å². The molecular weight excluding hydrogens is 352 g/mol. The zero-order chi connectivity index (χ0) is 19.8. The zero-order valence-corrected chi connectivity index (χ0v) is 16.5. The Hall–Kier alpha value is -2.82. The summed E-state index contributed by atoms with van der Waals surface area (Å²) in [6.07, 6.45) is 4.44. The van der Waals surface area contributed by atoms with Gasteiger partial charge in [-0.05, 0) is 44.0 Å². The summed E-state index contributed by atoms with van der Waals surface area (Å²) in [4.78, 5) is 29.2. The van der Waals surface area contributed by atoms with Crippen LogP contribution in [0.3, 0.4) is 0 Å². The minimum Gasteiger partial charge on any atom is -0.483 e. The Bertz CT molecular complexity index is 783. The SMILES string of the molecule is CCN(C(=O)c1ccccc1OCC(=O)N1CCCCCC1)c1ccccc1. The van der Waals surface area contributed by atoms with Gasteiger partial charge in [-0.25, -0.2) is 0 Å². The highest BCUT2D eigenvalue weighted by atomic mass is 16.5. The third-order valence-corrected chi connectivity index (χ3v) is 5.06. The maximum absolute atomic E-state index is 13.1. The summed E-state index contributed by atoms with van der Waals surface area (Å²) >= 11 is 0. The number of benzene rings is 2. The maximum atomic E-state index is 13.1. The largest absolute Gasteiger partial charge is 0.483 e. The van der Waals surface area contributed by atoms with E-state index in [2.05, 4.69) is 0 Å². The van der Waals surface area contributed by atoms with Gasteiger partial charge in [-0.3, -0.25) is 9.59 Å². The number of carbonyl (C=O) groups excluding carboxylic acids is 2. The van der Waals surface area contributed by atoms with E-state index in [-0.39, 0.29) is 18.4 Å². The fraction of sp³-hybridized carbons (Fsp3) is 0.391. The number of anilines is 1. The first kappa shape index (κ1) is 19.9. The monoisotopic (exact) mass is 380 g/mol. The molecule has 0 spiro atoms. The molecule has 0 N–H and O–H groups in total. The first-order valence-corrected chi connectivity index (χ1v) is 10.1. The number of likely N-dealkylation sites (tertiary alicyclic amines) is 1. The molecule has 2 amide bonds. The van der Waals surface area contributed by atoms with E-state index in [1.807, 2.05) is 54.3 Å². The summed E-state index contributed by atoms with van der Waals surface area (Å²) in [7, 11) is 0. The predicted octanol–water partition coefficient (Wildman–Crippen LogP) is 4.13. The van der Waals surface area contributed by atoms with Gasteiger partial charge in [-0.2, -0.15) is 0 Å². The first-order valence-electron chi connectivity index (χ1n) is 10.1. The standard InChI is InChI=1S/C23H28N2O3/c1-2-25(19-12-6-5-7-13-19)23(27)20-14-8-9-15-21(20)28-18-22(26)24-16-10-3-4-11-17-24/h5-9,12-15H,2-4,10-11,16-18H2,1H3. The number of nitrogens with zero attached hydrogens (tertiary/aromatic N) is 2. The molecule has 5 nitrogen and oxygen atoms in total. The number of amides is 2. The minimum absolute atomic E-state index is 0.0143. The van der Waals surface area contributed by atoms with E-state index in [1.165, 1.54) is 12.8 Å². The summed E-state index contributed by atoms with van der Waals surface area (Å²) in [5.41, 5.74) is 1.31. The second-order valence-electron chi connectivity index (χ2n) is 6.96. The van der Waals surface area contributed by atoms with Crippen molar-refractivity contribution in [3.8, 4) is 5.75 Å². The van der Waals surface area contributed by atoms with Crippen molar-refractivity contribution in [2.24, 2.45) is 0 Å². The first-order chi connectivity index (χ1) is 13.7. The molecule has 0 aromatic heterocycles. The lowest BCUT2D eigenvalue weighted by Crippen LogP contribution is -2.36. The van der Waals surface area contributed by atoms with Crippen molar-refractivity contribution < 1.29 is 14.3 Å². The van der Waals surface area contributed by atoms with Crippen LogP contribution in [0.4, 0.5) is 5.69 Å². The van der Waals surface area contributed by atoms with Gasteiger partial charge in [-0.1, -0.05) is 43.2 Å². The van der Waals surface area contributed by atoms with Crippen LogP contribution >= 0.6 is 0 Å². The predicted molar refractivity (Wildman–Crippen MR) is 111 cm³/mol. The average molecular weight is 380 g/mol. The lowest BCUT2D eigenvalue weighted by Gasteiger charge is -2.23. The molecule has 3 rings (SSSR count). The van der Waals surface area contributed by atoms with Crippen LogP contribution in [-0.4, -0.2) is 43.0 Å². The molecule has 1 aliphatic rings. The van der Waals surface area contributed by atoms with Gasteiger partial charge in [0.2, 0.25) is 0 Å². The Morgan fingerprint density at radius 2 is 1.57 bits per heavy atom. The molecule has 0 bridgehead atoms. The molecular formula is C23H28N2O3. The molecule has 0 aliphatic carbocycles. The van der Waals surface area contributed by atoms with Gasteiger partial charge in [0.25, 0.3) is 11.8 Å². The van der Waals surface area contributed by atoms with Crippen molar-refractivity contribution >= 4 is 17.5 Å². The highest BCUT2D eigenvalue weighted by Crippen LogP contribution is 2.23. The molecule has 0 saturated carbocycles. The van der Waals surface area contributed by atoms with Crippen molar-refractivity contribution in [1.29, 1.82) is 0 Å². The van der Waals surface area contributed by atoms with Crippen molar-refractivity contribution in [2.45, 2.75) is 32.6 Å². The van der Waals surface area contributed by atoms with Crippen LogP contribution in [-0.2, 0) is 4.79 Å². The minimum atomic E-state index is -0.133. The Morgan fingerprint density at radius 3 is 2.25 bits per heavy atom. The fourth-order valence-electron chi connectivity index (χ4n) is 3.52. The lowest BCUT2D eigenvalue weighted by molar-refractivity contribution is -0.133. The Morgan fingerprint density at radius 1 is 0.929 bits per heavy atom. The van der Waals surface area contributed by atoms with Gasteiger partial charge in [0.05, 0.1) is 5.56 Å². The van der Waals surface area contributed by atoms with Crippen LogP contribution in [0, 0.1) is 0 Å². The summed E-state index contributed by atoms with van der Waals surface area (Å²) < 4.78 is 5.81. The zero-order valence-electron chi connectivity index (χ0n) is 16.5. The van der Waals surface area contributed by atoms with E-state index in [4.69, 9.17) is 4.74 Å². The van der Waals surface area contributed by atoms with Crippen LogP contribution in [0.1, 0.15) is 43.0 Å². The molecule has 0 radical (unpaired) electrons. The second kappa shape index (κ2) is 9.93. The Balaban J connectivity index is 1.71. The lowest BCUT2D eigenvalue weighted by atomic mass is 10.1. The molecule has 0 atom stereocenters. The number of hydrogen-bond acceptors (Lipinski definition) is 3. The molecule has 1 saturated heterocycles. The van der Waals surface area contributed by atoms with Crippen LogP contribution in [0.5, 0.6) is 5.75 Å². The number of ether oxygens (including phenoxy) is 1. The molecule has 28 heavy (non-hydrogen) atoms. The average Bonchev–Trinajstić information content (AvgIpc) is 3.03. The highest BCUT2D eigenvalue weighted by Gasteiger charge is 2.21. The smallest absolute Gasteiger partial charge is 0.262 e. The summed E-state index contributed by atoms with van der Waals surface area (Å²) in [5.74, 6) is 0.302. The molecule has 1 aliphatic heterocycles. The van der Waals surface area contributed by atoms with Crippen LogP contribution in [0.15, 0.2) is 54.6 Å². The molecule has 1 fully saturated rings. The van der Waals surface area contributed by atoms with Crippen LogP contribution in [0.25, 0.3) is 0 Å². The van der Waals surface area contributed by atoms with Gasteiger partial charge in [0.1, 0.15) is 5.75 Å². The van der Waals surface area contributed by atoms with Crippen molar-refractivity contribution in [2.75, 3.05) is 31.1 Å². The Labute approximate surface area is 166 Å². The quantitative estimate of drug-likeness (QED) is 0.757. The third-order valence-electron chi connectivity index (χ3n) is 5.06. The van der Waals surface area contributed by atoms with Gasteiger partial charge in [-0.15, -0.1) is 0 Å². The van der Waals surface area contributed by atoms with E-state index in [9.17, 15) is 9.59 Å². The number of carbonyl (C=O) groups is 2. The van der Waals surface area contributed by atoms with Gasteiger partial charge < -0.3 is 14.5 Å². The van der Waals surface area contributed by atoms with Crippen molar-refractivity contribution in [3.63, 3.8) is 0 Å². The van der Waals surface area contributed by atoms with Gasteiger partial charge in [0, 0.05) is 25.3 Å². The van der Waals surface area contributed by atoms with Gasteiger partial charge in [0.15, 0.2) is 6.61 Å². The highest BCUT2D eigenvalue weighted by molar-refractivity contribution is 6.07. The third kappa shape index (κ3) is 4.91. The molecule has 2 aromatic carbocycles. The molecule has 1 heterocycles. The van der Waals surface area contributed by atoms with Gasteiger partial charge >= 0.3 is 0 Å². The topological polar surface area (TPSA) is 49.9 Å². The van der Waals surface area contributed by atoms with E-state index >= 15 is 0 Å². The molecule has 2 aromatic rings. The summed E-state index contributed by atoms with van der Waals surface area (Å²) in [5, 5.41) is 0. The van der Waals surface area contributed by atoms with Crippen molar-refractivity contribution in [3.05, 3.63) is 60.2 Å². The van der Waals surface area contributed by atoms with E-state index < -0.39 is 0 Å². The normalized spacial score (nSPS) is 14.2. The number of para-hydroxylation sites is 2. The van der Waals surface area contributed by atoms with E-state index in [0.717, 1.165) is 31.6 Å². The fourth-order valence-corrected chi connectivity index (χ4v) is 3.52. The number of rotatable bonds is 6. The molecule has 148 valence electrons. The molecule has 0 unspecified atom stereocenters. The maximum Gasteiger partial charge on any atom is 0.262 e. The van der Waals surface area contributed by atoms with Crippen molar-refractivity contribution in [1.82, 2.24) is 4.90 Å². The summed E-state index contributed by atoms with van der Waals surface area (Å²) in [6.45, 7) is 4.03. The van der Waals surface area contributed by atoms with Crippen LogP contribution < -0.4 is 9.64 Å². The second-order valence-corrected chi connectivity index (χ2v) is 6.96. The van der Waals surface area contributed by atoms with E-state index in [1.54, 1.807) is 17.0 Å². The van der Waals surface area contributed by atoms with Crippen LogP contribution in [0.2, 0.25) is 0 Å². The molecule has 5 heteroatoms. The number of hydrogen-bond donors (Lipinski definition) is 0. The Kier molecular flexibility index (Phi) is 7.06. The summed E-state index contributed by atoms with van der Waals surface area (Å²) in [6, 6.07) is 16.7.